The molecule has 0 fully saturated rings. The molecule has 0 N–H and O–H groups in total. The molecule has 0 aromatic heterocycles. The van der Waals surface area contributed by atoms with Crippen LogP contribution in [0.5, 0.6) is 5.75 Å². The summed E-state index contributed by atoms with van der Waals surface area (Å²) in [4.78, 5) is 27.1. The fraction of sp³-hybridized carbons (Fsp3) is 0.182. The van der Waals surface area contributed by atoms with Crippen molar-refractivity contribution in [1.82, 2.24) is 0 Å². The van der Waals surface area contributed by atoms with Crippen LogP contribution in [0.4, 0.5) is 5.69 Å². The number of ether oxygens (including phenoxy) is 1. The van der Waals surface area contributed by atoms with Crippen LogP contribution in [0.25, 0.3) is 10.8 Å². The lowest BCUT2D eigenvalue weighted by Gasteiger charge is -2.15. The average Bonchev–Trinajstić information content (AvgIpc) is 2.90. The van der Waals surface area contributed by atoms with Crippen molar-refractivity contribution in [2.75, 3.05) is 12.0 Å². The SMILES string of the molecule is COc1cccc2cc3c(cc12)C(=O)N(c1ccc(C(C)C)cc1)C3=O. The number of rotatable bonds is 3. The lowest BCUT2D eigenvalue weighted by molar-refractivity contribution is 0.0926. The first kappa shape index (κ1) is 16.3. The lowest BCUT2D eigenvalue weighted by Crippen LogP contribution is -2.29. The maximum Gasteiger partial charge on any atom is 0.266 e. The van der Waals surface area contributed by atoms with Crippen molar-refractivity contribution < 1.29 is 14.3 Å². The van der Waals surface area contributed by atoms with Crippen molar-refractivity contribution in [3.05, 3.63) is 71.3 Å². The predicted octanol–water partition coefficient (Wildman–Crippen LogP) is 4.77. The van der Waals surface area contributed by atoms with Crippen LogP contribution in [-0.2, 0) is 0 Å². The number of nitrogens with zero attached hydrogens (tertiary/aromatic N) is 1. The molecule has 0 saturated heterocycles. The summed E-state index contributed by atoms with van der Waals surface area (Å²) in [6.45, 7) is 4.21. The van der Waals surface area contributed by atoms with Gasteiger partial charge in [-0.25, -0.2) is 4.90 Å². The number of methoxy groups -OCH3 is 1. The molecule has 3 aromatic rings. The highest BCUT2D eigenvalue weighted by atomic mass is 16.5. The first-order chi connectivity index (χ1) is 12.5. The van der Waals surface area contributed by atoms with E-state index in [0.29, 0.717) is 28.5 Å². The highest BCUT2D eigenvalue weighted by Gasteiger charge is 2.37. The number of carbonyl (C=O) groups is 2. The maximum atomic E-state index is 12.9. The van der Waals surface area contributed by atoms with Crippen LogP contribution in [0, 0.1) is 0 Å². The number of fused-ring (bicyclic) bond motifs is 2. The summed E-state index contributed by atoms with van der Waals surface area (Å²) in [7, 11) is 1.59. The number of hydrogen-bond acceptors (Lipinski definition) is 3. The van der Waals surface area contributed by atoms with E-state index in [4.69, 9.17) is 4.74 Å². The number of hydrogen-bond donors (Lipinski definition) is 0. The van der Waals surface area contributed by atoms with Crippen molar-refractivity contribution in [2.45, 2.75) is 19.8 Å². The first-order valence-electron chi connectivity index (χ1n) is 8.60. The molecule has 0 bridgehead atoms. The second kappa shape index (κ2) is 5.99. The van der Waals surface area contributed by atoms with Crippen LogP contribution in [0.1, 0.15) is 46.0 Å². The van der Waals surface area contributed by atoms with E-state index in [1.165, 1.54) is 10.5 Å². The molecule has 0 spiro atoms. The van der Waals surface area contributed by atoms with Gasteiger partial charge in [-0.2, -0.15) is 0 Å². The molecule has 4 rings (SSSR count). The van der Waals surface area contributed by atoms with Crippen LogP contribution < -0.4 is 9.64 Å². The van der Waals surface area contributed by atoms with Crippen molar-refractivity contribution in [1.29, 1.82) is 0 Å². The molecule has 0 radical (unpaired) electrons. The molecule has 1 aliphatic heterocycles. The van der Waals surface area contributed by atoms with Gasteiger partial charge in [0.2, 0.25) is 0 Å². The zero-order chi connectivity index (χ0) is 18.4. The third-order valence-corrected chi connectivity index (χ3v) is 4.88. The van der Waals surface area contributed by atoms with E-state index in [1.54, 1.807) is 19.2 Å². The highest BCUT2D eigenvalue weighted by molar-refractivity contribution is 6.35. The summed E-state index contributed by atoms with van der Waals surface area (Å²) in [5.74, 6) is 0.497. The molecule has 0 aliphatic carbocycles. The number of imide groups is 1. The van der Waals surface area contributed by atoms with Gasteiger partial charge in [-0.05, 0) is 47.2 Å². The number of carbonyl (C=O) groups excluding carboxylic acids is 2. The third kappa shape index (κ3) is 2.37. The minimum atomic E-state index is -0.296. The van der Waals surface area contributed by atoms with E-state index in [0.717, 1.165) is 10.8 Å². The smallest absolute Gasteiger partial charge is 0.266 e. The Balaban J connectivity index is 1.82. The molecule has 0 unspecified atom stereocenters. The first-order valence-corrected chi connectivity index (χ1v) is 8.60. The van der Waals surface area contributed by atoms with Crippen molar-refractivity contribution in [3.8, 4) is 5.75 Å². The third-order valence-electron chi connectivity index (χ3n) is 4.88. The predicted molar refractivity (Wildman–Crippen MR) is 102 cm³/mol. The highest BCUT2D eigenvalue weighted by Crippen LogP contribution is 2.35. The lowest BCUT2D eigenvalue weighted by atomic mass is 10.0. The van der Waals surface area contributed by atoms with Crippen LogP contribution in [0.3, 0.4) is 0 Å². The summed E-state index contributed by atoms with van der Waals surface area (Å²) >= 11 is 0. The zero-order valence-electron chi connectivity index (χ0n) is 14.9. The second-order valence-electron chi connectivity index (χ2n) is 6.77. The number of benzene rings is 3. The van der Waals surface area contributed by atoms with Crippen molar-refractivity contribution in [3.63, 3.8) is 0 Å². The maximum absolute atomic E-state index is 12.9. The fourth-order valence-corrected chi connectivity index (χ4v) is 3.40. The fourth-order valence-electron chi connectivity index (χ4n) is 3.40. The molecule has 26 heavy (non-hydrogen) atoms. The molecule has 0 saturated carbocycles. The average molecular weight is 345 g/mol. The molecule has 2 amide bonds. The Bertz CT molecular complexity index is 1040. The number of amides is 2. The molecule has 1 aliphatic rings. The van der Waals surface area contributed by atoms with Crippen LogP contribution in [0.2, 0.25) is 0 Å². The zero-order valence-corrected chi connectivity index (χ0v) is 14.9. The minimum absolute atomic E-state index is 0.285. The van der Waals surface area contributed by atoms with Crippen LogP contribution >= 0.6 is 0 Å². The largest absolute Gasteiger partial charge is 0.496 e. The van der Waals surface area contributed by atoms with Crippen LogP contribution in [-0.4, -0.2) is 18.9 Å². The Kier molecular flexibility index (Phi) is 3.76. The van der Waals surface area contributed by atoms with E-state index in [1.807, 2.05) is 42.5 Å². The monoisotopic (exact) mass is 345 g/mol. The van der Waals surface area contributed by atoms with E-state index < -0.39 is 0 Å². The van der Waals surface area contributed by atoms with E-state index in [-0.39, 0.29) is 11.8 Å². The summed E-state index contributed by atoms with van der Waals surface area (Å²) < 4.78 is 5.39. The Morgan fingerprint density at radius 2 is 1.54 bits per heavy atom. The molecule has 1 heterocycles. The summed E-state index contributed by atoms with van der Waals surface area (Å²) in [6.07, 6.45) is 0. The quantitative estimate of drug-likeness (QED) is 0.642. The molecule has 130 valence electrons. The second-order valence-corrected chi connectivity index (χ2v) is 6.77. The molecular formula is C22H19NO3. The van der Waals surface area contributed by atoms with Gasteiger partial charge in [0.25, 0.3) is 11.8 Å². The van der Waals surface area contributed by atoms with Gasteiger partial charge < -0.3 is 4.74 Å². The Labute approximate surface area is 152 Å². The number of anilines is 1. The van der Waals surface area contributed by atoms with E-state index >= 15 is 0 Å². The van der Waals surface area contributed by atoms with Gasteiger partial charge in [-0.1, -0.05) is 38.1 Å². The normalized spacial score (nSPS) is 13.6. The Hall–Kier alpha value is -3.14. The standard InChI is InChI=1S/C22H19NO3/c1-13(2)14-7-9-16(10-8-14)23-21(24)18-11-15-5-4-6-20(26-3)17(15)12-19(18)22(23)25/h4-13H,1-3H3. The van der Waals surface area contributed by atoms with Crippen LogP contribution in [0.15, 0.2) is 54.6 Å². The van der Waals surface area contributed by atoms with Gasteiger partial charge in [0.15, 0.2) is 0 Å². The Morgan fingerprint density at radius 1 is 0.885 bits per heavy atom. The summed E-state index contributed by atoms with van der Waals surface area (Å²) in [5.41, 5.74) is 2.61. The molecule has 4 heteroatoms. The topological polar surface area (TPSA) is 46.6 Å². The molecular weight excluding hydrogens is 326 g/mol. The van der Waals surface area contributed by atoms with Gasteiger partial charge in [-0.3, -0.25) is 9.59 Å². The van der Waals surface area contributed by atoms with Gasteiger partial charge in [0.05, 0.1) is 23.9 Å². The van der Waals surface area contributed by atoms with Crippen molar-refractivity contribution in [2.24, 2.45) is 0 Å². The van der Waals surface area contributed by atoms with Gasteiger partial charge in [0, 0.05) is 5.39 Å². The summed E-state index contributed by atoms with van der Waals surface area (Å²) in [5, 5.41) is 1.70. The van der Waals surface area contributed by atoms with E-state index in [9.17, 15) is 9.59 Å². The molecule has 3 aromatic carbocycles. The summed E-state index contributed by atoms with van der Waals surface area (Å²) in [6, 6.07) is 16.7. The Morgan fingerprint density at radius 3 is 2.15 bits per heavy atom. The van der Waals surface area contributed by atoms with E-state index in [2.05, 4.69) is 13.8 Å². The minimum Gasteiger partial charge on any atom is -0.496 e. The molecule has 0 atom stereocenters. The van der Waals surface area contributed by atoms with Crippen molar-refractivity contribution >= 4 is 28.3 Å². The molecule has 4 nitrogen and oxygen atoms in total. The van der Waals surface area contributed by atoms with Gasteiger partial charge >= 0.3 is 0 Å². The van der Waals surface area contributed by atoms with Gasteiger partial charge in [-0.15, -0.1) is 0 Å². The van der Waals surface area contributed by atoms with Gasteiger partial charge in [0.1, 0.15) is 5.75 Å².